The molecule has 0 aliphatic rings. The molecular weight excluding hydrogens is 327 g/mol. The summed E-state index contributed by atoms with van der Waals surface area (Å²) < 4.78 is 50.6. The van der Waals surface area contributed by atoms with Gasteiger partial charge in [0.2, 0.25) is 0 Å². The molecule has 24 heavy (non-hydrogen) atoms. The number of benzene rings is 1. The molecule has 0 unspecified atom stereocenters. The maximum Gasteiger partial charge on any atom is 0.573 e. The van der Waals surface area contributed by atoms with Crippen molar-refractivity contribution in [3.63, 3.8) is 0 Å². The highest BCUT2D eigenvalue weighted by Gasteiger charge is 2.31. The molecule has 3 rings (SSSR count). The zero-order chi connectivity index (χ0) is 17.0. The maximum atomic E-state index is 12.1. The van der Waals surface area contributed by atoms with Crippen molar-refractivity contribution in [2.24, 2.45) is 0 Å². The lowest BCUT2D eigenvalue weighted by molar-refractivity contribution is -0.274. The number of hydrogen-bond acceptors (Lipinski definition) is 6. The van der Waals surface area contributed by atoms with Gasteiger partial charge < -0.3 is 14.0 Å². The molecule has 2 aromatic heterocycles. The second kappa shape index (κ2) is 6.57. The quantitative estimate of drug-likeness (QED) is 0.708. The molecule has 6 nitrogen and oxygen atoms in total. The Labute approximate surface area is 133 Å². The standard InChI is InChI=1S/C15H10F3N3O3/c16-15(17,18)23-11-4-2-10(3-5-11)12-8-14(21-24-12)22-9-13-19-6-1-7-20-13/h1-8H,9H2. The van der Waals surface area contributed by atoms with E-state index in [2.05, 4.69) is 19.9 Å². The van der Waals surface area contributed by atoms with Gasteiger partial charge in [0.25, 0.3) is 5.88 Å². The predicted molar refractivity (Wildman–Crippen MR) is 75.0 cm³/mol. The average Bonchev–Trinajstić information content (AvgIpc) is 3.02. The first kappa shape index (κ1) is 15.8. The van der Waals surface area contributed by atoms with Gasteiger partial charge in [-0.15, -0.1) is 13.2 Å². The summed E-state index contributed by atoms with van der Waals surface area (Å²) >= 11 is 0. The Morgan fingerprint density at radius 1 is 1.04 bits per heavy atom. The number of aromatic nitrogens is 3. The van der Waals surface area contributed by atoms with Crippen molar-refractivity contribution in [2.75, 3.05) is 0 Å². The van der Waals surface area contributed by atoms with Crippen molar-refractivity contribution in [3.8, 4) is 23.0 Å². The number of halogens is 3. The molecule has 2 heterocycles. The summed E-state index contributed by atoms with van der Waals surface area (Å²) in [7, 11) is 0. The lowest BCUT2D eigenvalue weighted by atomic mass is 10.2. The summed E-state index contributed by atoms with van der Waals surface area (Å²) in [6, 6.07) is 8.41. The first-order valence-electron chi connectivity index (χ1n) is 6.71. The fraction of sp³-hybridized carbons (Fsp3) is 0.133. The fourth-order valence-electron chi connectivity index (χ4n) is 1.83. The molecule has 0 aliphatic carbocycles. The molecule has 0 N–H and O–H groups in total. The predicted octanol–water partition coefficient (Wildman–Crippen LogP) is 3.61. The van der Waals surface area contributed by atoms with Crippen LogP contribution in [0.4, 0.5) is 13.2 Å². The van der Waals surface area contributed by atoms with Crippen molar-refractivity contribution in [3.05, 3.63) is 54.6 Å². The van der Waals surface area contributed by atoms with Gasteiger partial charge in [-0.05, 0) is 35.5 Å². The van der Waals surface area contributed by atoms with Gasteiger partial charge in [-0.1, -0.05) is 0 Å². The molecule has 0 spiro atoms. The van der Waals surface area contributed by atoms with Crippen molar-refractivity contribution in [1.82, 2.24) is 15.1 Å². The number of ether oxygens (including phenoxy) is 2. The largest absolute Gasteiger partial charge is 0.573 e. The number of nitrogens with zero attached hydrogens (tertiary/aromatic N) is 3. The van der Waals surface area contributed by atoms with Crippen LogP contribution in [0.1, 0.15) is 5.82 Å². The van der Waals surface area contributed by atoms with E-state index in [0.717, 1.165) is 0 Å². The van der Waals surface area contributed by atoms with Crippen LogP contribution >= 0.6 is 0 Å². The van der Waals surface area contributed by atoms with E-state index in [9.17, 15) is 13.2 Å². The summed E-state index contributed by atoms with van der Waals surface area (Å²) in [6.07, 6.45) is -1.55. The third-order valence-electron chi connectivity index (χ3n) is 2.83. The average molecular weight is 337 g/mol. The molecule has 0 fully saturated rings. The van der Waals surface area contributed by atoms with Gasteiger partial charge in [-0.3, -0.25) is 0 Å². The minimum atomic E-state index is -4.73. The van der Waals surface area contributed by atoms with Gasteiger partial charge in [0, 0.05) is 24.0 Å². The summed E-state index contributed by atoms with van der Waals surface area (Å²) in [5.41, 5.74) is 0.530. The van der Waals surface area contributed by atoms with Crippen LogP contribution in [-0.4, -0.2) is 21.5 Å². The zero-order valence-electron chi connectivity index (χ0n) is 12.0. The first-order valence-corrected chi connectivity index (χ1v) is 6.71. The van der Waals surface area contributed by atoms with Crippen LogP contribution in [0, 0.1) is 0 Å². The number of alkyl halides is 3. The number of rotatable bonds is 5. The van der Waals surface area contributed by atoms with Gasteiger partial charge in [0.05, 0.1) is 0 Å². The van der Waals surface area contributed by atoms with Gasteiger partial charge in [0.1, 0.15) is 12.4 Å². The Kier molecular flexibility index (Phi) is 4.32. The summed E-state index contributed by atoms with van der Waals surface area (Å²) in [5.74, 6) is 0.727. The Balaban J connectivity index is 1.64. The molecule has 0 aliphatic heterocycles. The minimum Gasteiger partial charge on any atom is -0.467 e. The molecular formula is C15H10F3N3O3. The van der Waals surface area contributed by atoms with Crippen LogP contribution in [-0.2, 0) is 6.61 Å². The Bertz CT molecular complexity index is 789. The Hall–Kier alpha value is -3.10. The van der Waals surface area contributed by atoms with Crippen molar-refractivity contribution >= 4 is 0 Å². The van der Waals surface area contributed by atoms with Crippen molar-refractivity contribution in [2.45, 2.75) is 13.0 Å². The van der Waals surface area contributed by atoms with Crippen LogP contribution in [0.15, 0.2) is 53.3 Å². The zero-order valence-corrected chi connectivity index (χ0v) is 12.0. The second-order valence-electron chi connectivity index (χ2n) is 4.56. The van der Waals surface area contributed by atoms with E-state index in [1.165, 1.54) is 30.3 Å². The molecule has 0 saturated carbocycles. The van der Waals surface area contributed by atoms with Gasteiger partial charge in [-0.2, -0.15) is 0 Å². The molecule has 3 aromatic rings. The van der Waals surface area contributed by atoms with Crippen LogP contribution in [0.3, 0.4) is 0 Å². The Morgan fingerprint density at radius 2 is 1.75 bits per heavy atom. The molecule has 0 bridgehead atoms. The lowest BCUT2D eigenvalue weighted by Crippen LogP contribution is -2.16. The monoisotopic (exact) mass is 337 g/mol. The Morgan fingerprint density at radius 3 is 2.42 bits per heavy atom. The number of hydrogen-bond donors (Lipinski definition) is 0. The lowest BCUT2D eigenvalue weighted by Gasteiger charge is -2.08. The highest BCUT2D eigenvalue weighted by Crippen LogP contribution is 2.28. The van der Waals surface area contributed by atoms with Crippen LogP contribution in [0.2, 0.25) is 0 Å². The van der Waals surface area contributed by atoms with E-state index in [-0.39, 0.29) is 18.2 Å². The van der Waals surface area contributed by atoms with Crippen LogP contribution < -0.4 is 9.47 Å². The normalized spacial score (nSPS) is 11.3. The summed E-state index contributed by atoms with van der Waals surface area (Å²) in [5, 5.41) is 3.73. The SMILES string of the molecule is FC(F)(F)Oc1ccc(-c2cc(OCc3ncccn3)no2)cc1. The van der Waals surface area contributed by atoms with E-state index in [4.69, 9.17) is 9.26 Å². The van der Waals surface area contributed by atoms with E-state index < -0.39 is 6.36 Å². The molecule has 9 heteroatoms. The molecule has 1 aromatic carbocycles. The second-order valence-corrected chi connectivity index (χ2v) is 4.56. The van der Waals surface area contributed by atoms with Gasteiger partial charge in [0.15, 0.2) is 11.6 Å². The minimum absolute atomic E-state index is 0.116. The first-order chi connectivity index (χ1) is 11.5. The van der Waals surface area contributed by atoms with E-state index in [1.54, 1.807) is 18.5 Å². The highest BCUT2D eigenvalue weighted by atomic mass is 19.4. The van der Waals surface area contributed by atoms with Gasteiger partial charge >= 0.3 is 6.36 Å². The summed E-state index contributed by atoms with van der Waals surface area (Å²) in [6.45, 7) is 0.116. The van der Waals surface area contributed by atoms with Crippen molar-refractivity contribution < 1.29 is 27.2 Å². The highest BCUT2D eigenvalue weighted by molar-refractivity contribution is 5.59. The van der Waals surface area contributed by atoms with Crippen LogP contribution in [0.5, 0.6) is 11.6 Å². The molecule has 124 valence electrons. The topological polar surface area (TPSA) is 70.3 Å². The third-order valence-corrected chi connectivity index (χ3v) is 2.83. The van der Waals surface area contributed by atoms with E-state index >= 15 is 0 Å². The van der Waals surface area contributed by atoms with Crippen molar-refractivity contribution in [1.29, 1.82) is 0 Å². The molecule has 0 atom stereocenters. The van der Waals surface area contributed by atoms with E-state index in [0.29, 0.717) is 17.1 Å². The third kappa shape index (κ3) is 4.22. The van der Waals surface area contributed by atoms with Crippen LogP contribution in [0.25, 0.3) is 11.3 Å². The van der Waals surface area contributed by atoms with Gasteiger partial charge in [-0.25, -0.2) is 9.97 Å². The molecule has 0 saturated heterocycles. The summed E-state index contributed by atoms with van der Waals surface area (Å²) in [4.78, 5) is 7.99. The fourth-order valence-corrected chi connectivity index (χ4v) is 1.83. The smallest absolute Gasteiger partial charge is 0.467 e. The van der Waals surface area contributed by atoms with E-state index in [1.807, 2.05) is 0 Å². The molecule has 0 radical (unpaired) electrons. The maximum absolute atomic E-state index is 12.1. The molecule has 0 amide bonds.